The van der Waals surface area contributed by atoms with Gasteiger partial charge in [0.25, 0.3) is 0 Å². The quantitative estimate of drug-likeness (QED) is 0.735. The molecule has 0 aliphatic carbocycles. The zero-order chi connectivity index (χ0) is 21.0. The predicted octanol–water partition coefficient (Wildman–Crippen LogP) is 1.77. The molecule has 9 heteroatoms. The van der Waals surface area contributed by atoms with Gasteiger partial charge in [-0.1, -0.05) is 0 Å². The maximum Gasteiger partial charge on any atom is 0.355 e. The topological polar surface area (TPSA) is 106 Å². The van der Waals surface area contributed by atoms with E-state index in [1.165, 1.54) is 25.2 Å². The average Bonchev–Trinajstić information content (AvgIpc) is 2.77. The summed E-state index contributed by atoms with van der Waals surface area (Å²) in [4.78, 5) is 39.9. The van der Waals surface area contributed by atoms with Gasteiger partial charge in [0.2, 0.25) is 0 Å². The molecule has 0 unspecified atom stereocenters. The van der Waals surface area contributed by atoms with Crippen LogP contribution < -0.4 is 9.80 Å². The lowest BCUT2D eigenvalue weighted by atomic mass is 10.1. The summed E-state index contributed by atoms with van der Waals surface area (Å²) in [5.41, 5.74) is 1.16. The Morgan fingerprint density at radius 2 is 1.72 bits per heavy atom. The molecule has 2 aliphatic rings. The number of piperidine rings is 1. The van der Waals surface area contributed by atoms with E-state index in [0.717, 1.165) is 32.4 Å². The summed E-state index contributed by atoms with van der Waals surface area (Å²) in [5, 5.41) is 9.76. The Bertz CT molecular complexity index is 843. The van der Waals surface area contributed by atoms with Gasteiger partial charge in [-0.25, -0.2) is 14.4 Å². The van der Waals surface area contributed by atoms with Crippen molar-refractivity contribution in [3.63, 3.8) is 0 Å². The van der Waals surface area contributed by atoms with Crippen molar-refractivity contribution in [2.24, 2.45) is 0 Å². The standard InChI is InChI=1S/C20H24N2O7/c1-27-19(25)15-11-29-12-22(17(15)20(26)28-2)13-6-7-16(14(10-13)18(23)24)21-8-4-3-5-9-21/h6-7,10H,3-5,8-9,11-12H2,1-2H3,(H,23,24). The highest BCUT2D eigenvalue weighted by Crippen LogP contribution is 2.32. The minimum Gasteiger partial charge on any atom is -0.478 e. The number of carboxylic acids is 1. The summed E-state index contributed by atoms with van der Waals surface area (Å²) in [7, 11) is 2.42. The van der Waals surface area contributed by atoms with Crippen molar-refractivity contribution in [1.29, 1.82) is 0 Å². The van der Waals surface area contributed by atoms with E-state index in [2.05, 4.69) is 4.90 Å². The Kier molecular flexibility index (Phi) is 6.38. The highest BCUT2D eigenvalue weighted by molar-refractivity contribution is 6.04. The molecule has 0 bridgehead atoms. The number of ether oxygens (including phenoxy) is 3. The van der Waals surface area contributed by atoms with Gasteiger partial charge >= 0.3 is 17.9 Å². The van der Waals surface area contributed by atoms with Crippen LogP contribution in [0.15, 0.2) is 29.5 Å². The number of carbonyl (C=O) groups excluding carboxylic acids is 2. The number of benzene rings is 1. The normalized spacial score (nSPS) is 17.2. The summed E-state index contributed by atoms with van der Waals surface area (Å²) in [6.07, 6.45) is 3.16. The molecule has 1 N–H and O–H groups in total. The van der Waals surface area contributed by atoms with Crippen molar-refractivity contribution in [2.75, 3.05) is 50.4 Å². The van der Waals surface area contributed by atoms with E-state index in [-0.39, 0.29) is 30.2 Å². The van der Waals surface area contributed by atoms with Crippen molar-refractivity contribution < 1.29 is 33.7 Å². The zero-order valence-corrected chi connectivity index (χ0v) is 16.5. The average molecular weight is 404 g/mol. The van der Waals surface area contributed by atoms with E-state index in [4.69, 9.17) is 14.2 Å². The van der Waals surface area contributed by atoms with Gasteiger partial charge in [-0.15, -0.1) is 0 Å². The number of carbonyl (C=O) groups is 3. The van der Waals surface area contributed by atoms with Crippen LogP contribution in [0.25, 0.3) is 0 Å². The van der Waals surface area contributed by atoms with E-state index < -0.39 is 17.9 Å². The van der Waals surface area contributed by atoms with Gasteiger partial charge in [0, 0.05) is 18.8 Å². The van der Waals surface area contributed by atoms with E-state index in [1.54, 1.807) is 12.1 Å². The van der Waals surface area contributed by atoms with Crippen LogP contribution in [-0.2, 0) is 23.8 Å². The highest BCUT2D eigenvalue weighted by atomic mass is 16.5. The first-order valence-electron chi connectivity index (χ1n) is 9.35. The Morgan fingerprint density at radius 1 is 1.03 bits per heavy atom. The lowest BCUT2D eigenvalue weighted by Gasteiger charge is -2.33. The summed E-state index contributed by atoms with van der Waals surface area (Å²) < 4.78 is 15.0. The Hall–Kier alpha value is -3.07. The molecular weight excluding hydrogens is 380 g/mol. The molecule has 0 radical (unpaired) electrons. The van der Waals surface area contributed by atoms with Crippen molar-refractivity contribution in [3.8, 4) is 0 Å². The third-order valence-corrected chi connectivity index (χ3v) is 5.05. The van der Waals surface area contributed by atoms with Crippen molar-refractivity contribution >= 4 is 29.3 Å². The van der Waals surface area contributed by atoms with Gasteiger partial charge in [0.1, 0.15) is 12.4 Å². The van der Waals surface area contributed by atoms with Gasteiger partial charge in [-0.3, -0.25) is 0 Å². The van der Waals surface area contributed by atoms with Crippen LogP contribution in [0.1, 0.15) is 29.6 Å². The van der Waals surface area contributed by atoms with Gasteiger partial charge in [0.05, 0.1) is 37.7 Å². The molecule has 3 rings (SSSR count). The highest BCUT2D eigenvalue weighted by Gasteiger charge is 2.33. The molecule has 0 spiro atoms. The van der Waals surface area contributed by atoms with Crippen LogP contribution in [0, 0.1) is 0 Å². The number of aromatic carboxylic acids is 1. The number of nitrogens with zero attached hydrogens (tertiary/aromatic N) is 2. The van der Waals surface area contributed by atoms with E-state index in [9.17, 15) is 19.5 Å². The van der Waals surface area contributed by atoms with Gasteiger partial charge in [-0.2, -0.15) is 0 Å². The first kappa shape index (κ1) is 20.7. The van der Waals surface area contributed by atoms with Gasteiger partial charge in [0.15, 0.2) is 0 Å². The number of carboxylic acid groups (broad SMARTS) is 1. The Labute approximate surface area is 168 Å². The minimum absolute atomic E-state index is 0.0163. The predicted molar refractivity (Wildman–Crippen MR) is 104 cm³/mol. The zero-order valence-electron chi connectivity index (χ0n) is 16.5. The van der Waals surface area contributed by atoms with E-state index in [0.29, 0.717) is 11.4 Å². The fourth-order valence-corrected chi connectivity index (χ4v) is 3.62. The van der Waals surface area contributed by atoms with E-state index >= 15 is 0 Å². The molecular formula is C20H24N2O7. The first-order valence-corrected chi connectivity index (χ1v) is 9.35. The molecule has 156 valence electrons. The molecule has 1 fully saturated rings. The maximum absolute atomic E-state index is 12.4. The largest absolute Gasteiger partial charge is 0.478 e. The van der Waals surface area contributed by atoms with Crippen LogP contribution in [0.4, 0.5) is 11.4 Å². The smallest absolute Gasteiger partial charge is 0.355 e. The van der Waals surface area contributed by atoms with Gasteiger partial charge < -0.3 is 29.1 Å². The van der Waals surface area contributed by atoms with Crippen molar-refractivity contribution in [1.82, 2.24) is 0 Å². The minimum atomic E-state index is -1.07. The molecule has 0 aromatic heterocycles. The summed E-state index contributed by atoms with van der Waals surface area (Å²) >= 11 is 0. The van der Waals surface area contributed by atoms with Crippen molar-refractivity contribution in [2.45, 2.75) is 19.3 Å². The molecule has 2 aliphatic heterocycles. The van der Waals surface area contributed by atoms with E-state index in [1.807, 2.05) is 0 Å². The van der Waals surface area contributed by atoms with Crippen LogP contribution in [0.3, 0.4) is 0 Å². The third kappa shape index (κ3) is 4.19. The molecule has 0 amide bonds. The fourth-order valence-electron chi connectivity index (χ4n) is 3.62. The summed E-state index contributed by atoms with van der Waals surface area (Å²) in [6.45, 7) is 1.46. The van der Waals surface area contributed by atoms with Crippen LogP contribution >= 0.6 is 0 Å². The summed E-state index contributed by atoms with van der Waals surface area (Å²) in [6, 6.07) is 4.92. The van der Waals surface area contributed by atoms with Gasteiger partial charge in [-0.05, 0) is 37.5 Å². The monoisotopic (exact) mass is 404 g/mol. The summed E-state index contributed by atoms with van der Waals surface area (Å²) in [5.74, 6) is -2.51. The second-order valence-corrected chi connectivity index (χ2v) is 6.77. The SMILES string of the molecule is COC(=O)C1=C(C(=O)OC)N(c2ccc(N3CCCCC3)c(C(=O)O)c2)COC1. The molecule has 29 heavy (non-hydrogen) atoms. The first-order chi connectivity index (χ1) is 14.0. The van der Waals surface area contributed by atoms with Crippen LogP contribution in [-0.4, -0.2) is 63.7 Å². The fraction of sp³-hybridized carbons (Fsp3) is 0.450. The van der Waals surface area contributed by atoms with Crippen molar-refractivity contribution in [3.05, 3.63) is 35.0 Å². The number of hydrogen-bond acceptors (Lipinski definition) is 8. The molecule has 1 saturated heterocycles. The number of esters is 2. The molecule has 1 aromatic rings. The second kappa shape index (κ2) is 8.95. The van der Waals surface area contributed by atoms with Crippen LogP contribution in [0.5, 0.6) is 0 Å². The molecule has 9 nitrogen and oxygen atoms in total. The number of hydrogen-bond donors (Lipinski definition) is 1. The second-order valence-electron chi connectivity index (χ2n) is 6.77. The number of anilines is 2. The van der Waals surface area contributed by atoms with Crippen LogP contribution in [0.2, 0.25) is 0 Å². The molecule has 0 saturated carbocycles. The molecule has 0 atom stereocenters. The molecule has 1 aromatic carbocycles. The molecule has 2 heterocycles. The Balaban J connectivity index is 2.06. The number of rotatable bonds is 5. The third-order valence-electron chi connectivity index (χ3n) is 5.05. The lowest BCUT2D eigenvalue weighted by Crippen LogP contribution is -2.39. The maximum atomic E-state index is 12.4. The Morgan fingerprint density at radius 3 is 2.34 bits per heavy atom. The lowest BCUT2D eigenvalue weighted by molar-refractivity contribution is -0.140. The number of methoxy groups -OCH3 is 2.